The van der Waals surface area contributed by atoms with Crippen molar-refractivity contribution in [2.24, 2.45) is 4.99 Å². The molecular formula is C20H15ClN2O3. The van der Waals surface area contributed by atoms with E-state index in [0.29, 0.717) is 29.1 Å². The standard InChI is InChI=1S/C20H15ClN2O3/c21-16-5-3-6-17-13(16)8-10-23(17)11-9-22-12-15-19(24)14-4-1-2-7-18(14)26-20(15)25/h1-8,10,12,24H,9,11H2. The van der Waals surface area contributed by atoms with Crippen LogP contribution < -0.4 is 5.63 Å². The Morgan fingerprint density at radius 3 is 2.85 bits per heavy atom. The first-order valence-electron chi connectivity index (χ1n) is 8.13. The van der Waals surface area contributed by atoms with Crippen LogP contribution in [0.15, 0.2) is 68.9 Å². The molecule has 2 aromatic carbocycles. The predicted molar refractivity (Wildman–Crippen MR) is 104 cm³/mol. The fourth-order valence-electron chi connectivity index (χ4n) is 2.96. The fourth-order valence-corrected chi connectivity index (χ4v) is 3.20. The lowest BCUT2D eigenvalue weighted by atomic mass is 10.1. The first-order chi connectivity index (χ1) is 12.6. The monoisotopic (exact) mass is 366 g/mol. The number of hydrogen-bond donors (Lipinski definition) is 1. The summed E-state index contributed by atoms with van der Waals surface area (Å²) in [6, 6.07) is 14.6. The van der Waals surface area contributed by atoms with Crippen LogP contribution in [0.4, 0.5) is 0 Å². The Labute approximate surface area is 153 Å². The molecule has 0 saturated carbocycles. The van der Waals surface area contributed by atoms with E-state index in [1.54, 1.807) is 24.3 Å². The molecule has 26 heavy (non-hydrogen) atoms. The van der Waals surface area contributed by atoms with E-state index in [9.17, 15) is 9.90 Å². The largest absolute Gasteiger partial charge is 0.506 e. The number of nitrogens with zero attached hydrogens (tertiary/aromatic N) is 2. The van der Waals surface area contributed by atoms with Crippen molar-refractivity contribution in [3.8, 4) is 5.75 Å². The van der Waals surface area contributed by atoms with E-state index in [2.05, 4.69) is 4.99 Å². The highest BCUT2D eigenvalue weighted by Gasteiger charge is 2.11. The van der Waals surface area contributed by atoms with Gasteiger partial charge in [0.2, 0.25) is 0 Å². The quantitative estimate of drug-likeness (QED) is 0.434. The van der Waals surface area contributed by atoms with Gasteiger partial charge in [-0.15, -0.1) is 0 Å². The SMILES string of the molecule is O=c1oc2ccccc2c(O)c1C=NCCn1ccc2c(Cl)cccc21. The molecule has 4 rings (SSSR count). The molecule has 0 fully saturated rings. The van der Waals surface area contributed by atoms with Crippen LogP contribution in [0.2, 0.25) is 5.02 Å². The van der Waals surface area contributed by atoms with E-state index in [1.165, 1.54) is 6.21 Å². The molecule has 1 N–H and O–H groups in total. The Hall–Kier alpha value is -3.05. The molecule has 0 aliphatic rings. The number of benzene rings is 2. The second-order valence-electron chi connectivity index (χ2n) is 5.87. The van der Waals surface area contributed by atoms with Crippen LogP contribution in [0.25, 0.3) is 21.9 Å². The number of aromatic nitrogens is 1. The highest BCUT2D eigenvalue weighted by Crippen LogP contribution is 2.25. The second kappa shape index (κ2) is 6.69. The number of aromatic hydroxyl groups is 1. The molecule has 0 unspecified atom stereocenters. The van der Waals surface area contributed by atoms with Gasteiger partial charge in [-0.3, -0.25) is 4.99 Å². The third kappa shape index (κ3) is 2.86. The summed E-state index contributed by atoms with van der Waals surface area (Å²) in [6.07, 6.45) is 3.32. The van der Waals surface area contributed by atoms with Crippen molar-refractivity contribution >= 4 is 39.7 Å². The molecule has 4 aromatic rings. The molecule has 2 aromatic heterocycles. The van der Waals surface area contributed by atoms with Gasteiger partial charge >= 0.3 is 5.63 Å². The number of halogens is 1. The van der Waals surface area contributed by atoms with Gasteiger partial charge in [0.25, 0.3) is 0 Å². The maximum absolute atomic E-state index is 12.1. The van der Waals surface area contributed by atoms with E-state index >= 15 is 0 Å². The van der Waals surface area contributed by atoms with E-state index in [4.69, 9.17) is 16.0 Å². The molecule has 0 amide bonds. The molecule has 0 bridgehead atoms. The third-order valence-electron chi connectivity index (χ3n) is 4.27. The molecule has 0 radical (unpaired) electrons. The van der Waals surface area contributed by atoms with Gasteiger partial charge in [0, 0.05) is 34.9 Å². The van der Waals surface area contributed by atoms with E-state index in [-0.39, 0.29) is 11.3 Å². The molecule has 0 saturated heterocycles. The van der Waals surface area contributed by atoms with Gasteiger partial charge in [-0.05, 0) is 30.3 Å². The molecule has 0 spiro atoms. The highest BCUT2D eigenvalue weighted by atomic mass is 35.5. The number of para-hydroxylation sites is 1. The Morgan fingerprint density at radius 1 is 1.12 bits per heavy atom. The minimum absolute atomic E-state index is 0.0594. The van der Waals surface area contributed by atoms with Gasteiger partial charge < -0.3 is 14.1 Å². The van der Waals surface area contributed by atoms with Crippen molar-refractivity contribution in [3.63, 3.8) is 0 Å². The average molecular weight is 367 g/mol. The van der Waals surface area contributed by atoms with Crippen molar-refractivity contribution in [2.45, 2.75) is 6.54 Å². The minimum atomic E-state index is -0.608. The topological polar surface area (TPSA) is 67.7 Å². The zero-order chi connectivity index (χ0) is 18.1. The molecule has 0 atom stereocenters. The summed E-state index contributed by atoms with van der Waals surface area (Å²) < 4.78 is 7.26. The molecule has 2 heterocycles. The van der Waals surface area contributed by atoms with E-state index in [1.807, 2.05) is 35.0 Å². The van der Waals surface area contributed by atoms with Crippen molar-refractivity contribution < 1.29 is 9.52 Å². The zero-order valence-corrected chi connectivity index (χ0v) is 14.5. The number of rotatable bonds is 4. The Kier molecular flexibility index (Phi) is 4.22. The van der Waals surface area contributed by atoms with Crippen LogP contribution in [-0.2, 0) is 6.54 Å². The summed E-state index contributed by atoms with van der Waals surface area (Å²) >= 11 is 6.18. The van der Waals surface area contributed by atoms with Crippen molar-refractivity contribution in [1.82, 2.24) is 4.57 Å². The lowest BCUT2D eigenvalue weighted by Gasteiger charge is -2.04. The van der Waals surface area contributed by atoms with Gasteiger partial charge in [0.05, 0.1) is 11.9 Å². The molecule has 6 heteroatoms. The van der Waals surface area contributed by atoms with E-state index in [0.717, 1.165) is 10.9 Å². The minimum Gasteiger partial charge on any atom is -0.506 e. The number of fused-ring (bicyclic) bond motifs is 2. The highest BCUT2D eigenvalue weighted by molar-refractivity contribution is 6.35. The lowest BCUT2D eigenvalue weighted by Crippen LogP contribution is -2.08. The summed E-state index contributed by atoms with van der Waals surface area (Å²) in [5.74, 6) is -0.112. The lowest BCUT2D eigenvalue weighted by molar-refractivity contribution is 0.466. The van der Waals surface area contributed by atoms with E-state index < -0.39 is 5.63 Å². The van der Waals surface area contributed by atoms with Crippen molar-refractivity contribution in [3.05, 3.63) is 75.7 Å². The van der Waals surface area contributed by atoms with Crippen LogP contribution >= 0.6 is 11.6 Å². The summed E-state index contributed by atoms with van der Waals surface area (Å²) in [7, 11) is 0. The van der Waals surface area contributed by atoms with Crippen LogP contribution in [0, 0.1) is 0 Å². The van der Waals surface area contributed by atoms with Crippen LogP contribution in [0.3, 0.4) is 0 Å². The maximum Gasteiger partial charge on any atom is 0.348 e. The molecule has 0 aliphatic heterocycles. The summed E-state index contributed by atoms with van der Waals surface area (Å²) in [4.78, 5) is 16.3. The Balaban J connectivity index is 1.56. The van der Waals surface area contributed by atoms with Gasteiger partial charge in [-0.2, -0.15) is 0 Å². The van der Waals surface area contributed by atoms with Gasteiger partial charge in [-0.25, -0.2) is 4.79 Å². The summed E-state index contributed by atoms with van der Waals surface area (Å²) in [5.41, 5.74) is 0.830. The molecular weight excluding hydrogens is 352 g/mol. The number of aliphatic imine (C=N–C) groups is 1. The van der Waals surface area contributed by atoms with Gasteiger partial charge in [0.15, 0.2) is 0 Å². The third-order valence-corrected chi connectivity index (χ3v) is 4.60. The second-order valence-corrected chi connectivity index (χ2v) is 6.27. The van der Waals surface area contributed by atoms with Crippen molar-refractivity contribution in [1.29, 1.82) is 0 Å². The first-order valence-corrected chi connectivity index (χ1v) is 8.51. The smallest absolute Gasteiger partial charge is 0.348 e. The molecule has 5 nitrogen and oxygen atoms in total. The van der Waals surface area contributed by atoms with Crippen LogP contribution in [-0.4, -0.2) is 22.4 Å². The Bertz CT molecular complexity index is 1190. The summed E-state index contributed by atoms with van der Waals surface area (Å²) in [6.45, 7) is 1.07. The van der Waals surface area contributed by atoms with Crippen LogP contribution in [0.1, 0.15) is 5.56 Å². The molecule has 130 valence electrons. The van der Waals surface area contributed by atoms with Crippen LogP contribution in [0.5, 0.6) is 5.75 Å². The van der Waals surface area contributed by atoms with Gasteiger partial charge in [-0.1, -0.05) is 29.8 Å². The number of hydrogen-bond acceptors (Lipinski definition) is 4. The predicted octanol–water partition coefficient (Wildman–Crippen LogP) is 4.23. The average Bonchev–Trinajstić information content (AvgIpc) is 3.05. The molecule has 0 aliphatic carbocycles. The normalized spacial score (nSPS) is 11.7. The first kappa shape index (κ1) is 16.4. The summed E-state index contributed by atoms with van der Waals surface area (Å²) in [5, 5.41) is 12.5. The van der Waals surface area contributed by atoms with Gasteiger partial charge in [0.1, 0.15) is 16.9 Å². The maximum atomic E-state index is 12.1. The van der Waals surface area contributed by atoms with Crippen molar-refractivity contribution in [2.75, 3.05) is 6.54 Å². The zero-order valence-electron chi connectivity index (χ0n) is 13.7. The Morgan fingerprint density at radius 2 is 1.96 bits per heavy atom. The fraction of sp³-hybridized carbons (Fsp3) is 0.100.